The van der Waals surface area contributed by atoms with Crippen LogP contribution >= 0.6 is 0 Å². The molecule has 0 aromatic carbocycles. The van der Waals surface area contributed by atoms with Gasteiger partial charge in [0, 0.05) is 6.61 Å². The quantitative estimate of drug-likeness (QED) is 0.476. The lowest BCUT2D eigenvalue weighted by Crippen LogP contribution is -2.25. The fourth-order valence-corrected chi connectivity index (χ4v) is 3.64. The first kappa shape index (κ1) is 17.2. The molecule has 4 nitrogen and oxygen atoms in total. The largest absolute Gasteiger partial charge is 0.393 e. The summed E-state index contributed by atoms with van der Waals surface area (Å²) in [5, 5.41) is 22.3. The summed E-state index contributed by atoms with van der Waals surface area (Å²) < 4.78 is 5.66. The Balaban J connectivity index is 1.37. The molecule has 4 heteroatoms. The summed E-state index contributed by atoms with van der Waals surface area (Å²) in [4.78, 5) is 0. The molecular formula is C17H33NO3. The zero-order valence-electron chi connectivity index (χ0n) is 13.3. The van der Waals surface area contributed by atoms with Crippen LogP contribution in [0.4, 0.5) is 0 Å². The van der Waals surface area contributed by atoms with Crippen molar-refractivity contribution in [3.63, 3.8) is 0 Å². The van der Waals surface area contributed by atoms with Gasteiger partial charge in [-0.05, 0) is 82.6 Å². The minimum absolute atomic E-state index is 0.0431. The van der Waals surface area contributed by atoms with E-state index in [-0.39, 0.29) is 12.2 Å². The maximum Gasteiger partial charge on any atom is 0.0965 e. The summed E-state index contributed by atoms with van der Waals surface area (Å²) in [6.07, 6.45) is 10.8. The summed E-state index contributed by atoms with van der Waals surface area (Å²) in [5.74, 6) is 1.54. The molecule has 124 valence electrons. The molecule has 0 radical (unpaired) electrons. The summed E-state index contributed by atoms with van der Waals surface area (Å²) in [5.41, 5.74) is 0. The van der Waals surface area contributed by atoms with Crippen molar-refractivity contribution in [3.8, 4) is 0 Å². The van der Waals surface area contributed by atoms with E-state index in [0.717, 1.165) is 69.9 Å². The van der Waals surface area contributed by atoms with Gasteiger partial charge in [0.2, 0.25) is 0 Å². The lowest BCUT2D eigenvalue weighted by atomic mass is 9.85. The van der Waals surface area contributed by atoms with Gasteiger partial charge in [0.25, 0.3) is 0 Å². The molecule has 2 fully saturated rings. The Morgan fingerprint density at radius 2 is 1.29 bits per heavy atom. The number of ether oxygens (including phenoxy) is 1. The van der Waals surface area contributed by atoms with E-state index < -0.39 is 0 Å². The molecule has 0 aromatic rings. The first-order chi connectivity index (χ1) is 10.2. The van der Waals surface area contributed by atoms with Crippen LogP contribution in [0.15, 0.2) is 0 Å². The molecule has 2 rings (SSSR count). The molecule has 2 aliphatic carbocycles. The third-order valence-corrected chi connectivity index (χ3v) is 5.24. The van der Waals surface area contributed by atoms with Crippen LogP contribution < -0.4 is 5.32 Å². The van der Waals surface area contributed by atoms with E-state index in [0.29, 0.717) is 6.73 Å². The highest BCUT2D eigenvalue weighted by Gasteiger charge is 2.19. The summed E-state index contributed by atoms with van der Waals surface area (Å²) in [7, 11) is 0. The number of hydrogen-bond donors (Lipinski definition) is 3. The fourth-order valence-electron chi connectivity index (χ4n) is 3.64. The monoisotopic (exact) mass is 299 g/mol. The second-order valence-electron chi connectivity index (χ2n) is 6.98. The van der Waals surface area contributed by atoms with E-state index in [1.165, 1.54) is 19.3 Å². The van der Waals surface area contributed by atoms with Gasteiger partial charge in [-0.25, -0.2) is 0 Å². The topological polar surface area (TPSA) is 61.7 Å². The Kier molecular flexibility index (Phi) is 8.01. The van der Waals surface area contributed by atoms with Crippen molar-refractivity contribution in [3.05, 3.63) is 0 Å². The zero-order chi connectivity index (χ0) is 14.9. The number of aliphatic hydroxyl groups is 2. The first-order valence-corrected chi connectivity index (χ1v) is 8.88. The van der Waals surface area contributed by atoms with Crippen LogP contribution in [-0.4, -0.2) is 42.3 Å². The Bertz CT molecular complexity index is 233. The fraction of sp³-hybridized carbons (Fsp3) is 1.00. The molecule has 3 N–H and O–H groups in total. The van der Waals surface area contributed by atoms with E-state index in [4.69, 9.17) is 4.74 Å². The normalized spacial score (nSPS) is 34.0. The van der Waals surface area contributed by atoms with Crippen LogP contribution in [0, 0.1) is 11.8 Å². The summed E-state index contributed by atoms with van der Waals surface area (Å²) in [6, 6.07) is 0. The van der Waals surface area contributed by atoms with Gasteiger partial charge >= 0.3 is 0 Å². The smallest absolute Gasteiger partial charge is 0.0965 e. The van der Waals surface area contributed by atoms with Gasteiger partial charge in [0.05, 0.1) is 18.9 Å². The van der Waals surface area contributed by atoms with E-state index in [2.05, 4.69) is 5.32 Å². The third kappa shape index (κ3) is 7.09. The van der Waals surface area contributed by atoms with Crippen molar-refractivity contribution in [2.24, 2.45) is 11.8 Å². The maximum atomic E-state index is 9.47. The minimum Gasteiger partial charge on any atom is -0.393 e. The van der Waals surface area contributed by atoms with Crippen molar-refractivity contribution < 1.29 is 14.9 Å². The highest BCUT2D eigenvalue weighted by atomic mass is 16.5. The average Bonchev–Trinajstić information content (AvgIpc) is 2.50. The third-order valence-electron chi connectivity index (χ3n) is 5.24. The lowest BCUT2D eigenvalue weighted by Gasteiger charge is -2.25. The maximum absolute atomic E-state index is 9.47. The average molecular weight is 299 g/mol. The SMILES string of the molecule is OC1CCC(CCNCOCCC2CCC(O)CC2)CC1. The van der Waals surface area contributed by atoms with Gasteiger partial charge in [-0.1, -0.05) is 0 Å². The molecule has 21 heavy (non-hydrogen) atoms. The Morgan fingerprint density at radius 3 is 1.86 bits per heavy atom. The molecule has 0 heterocycles. The lowest BCUT2D eigenvalue weighted by molar-refractivity contribution is 0.0730. The molecule has 0 aromatic heterocycles. The van der Waals surface area contributed by atoms with Gasteiger partial charge in [-0.3, -0.25) is 5.32 Å². The second-order valence-corrected chi connectivity index (χ2v) is 6.98. The molecule has 0 aliphatic heterocycles. The van der Waals surface area contributed by atoms with Crippen LogP contribution in [0.25, 0.3) is 0 Å². The van der Waals surface area contributed by atoms with Crippen molar-refractivity contribution in [1.82, 2.24) is 5.32 Å². The van der Waals surface area contributed by atoms with E-state index in [1.54, 1.807) is 0 Å². The van der Waals surface area contributed by atoms with Gasteiger partial charge in [-0.15, -0.1) is 0 Å². The molecule has 0 saturated heterocycles. The van der Waals surface area contributed by atoms with E-state index >= 15 is 0 Å². The highest BCUT2D eigenvalue weighted by Crippen LogP contribution is 2.27. The Labute approximate surface area is 129 Å². The van der Waals surface area contributed by atoms with Gasteiger partial charge in [0.15, 0.2) is 0 Å². The minimum atomic E-state index is -0.0512. The van der Waals surface area contributed by atoms with E-state index in [1.807, 2.05) is 0 Å². The van der Waals surface area contributed by atoms with Crippen LogP contribution in [0.2, 0.25) is 0 Å². The van der Waals surface area contributed by atoms with Crippen molar-refractivity contribution in [1.29, 1.82) is 0 Å². The molecule has 0 atom stereocenters. The summed E-state index contributed by atoms with van der Waals surface area (Å²) >= 11 is 0. The molecular weight excluding hydrogens is 266 g/mol. The Morgan fingerprint density at radius 1 is 0.762 bits per heavy atom. The van der Waals surface area contributed by atoms with Crippen LogP contribution in [0.1, 0.15) is 64.2 Å². The van der Waals surface area contributed by atoms with Gasteiger partial charge in [0.1, 0.15) is 0 Å². The summed E-state index contributed by atoms with van der Waals surface area (Å²) in [6.45, 7) is 2.52. The number of nitrogens with one attached hydrogen (secondary N) is 1. The van der Waals surface area contributed by atoms with Gasteiger partial charge in [-0.2, -0.15) is 0 Å². The number of hydrogen-bond acceptors (Lipinski definition) is 4. The number of aliphatic hydroxyl groups excluding tert-OH is 2. The zero-order valence-corrected chi connectivity index (χ0v) is 13.3. The molecule has 0 spiro atoms. The van der Waals surface area contributed by atoms with E-state index in [9.17, 15) is 10.2 Å². The molecule has 2 saturated carbocycles. The van der Waals surface area contributed by atoms with Crippen molar-refractivity contribution in [2.45, 2.75) is 76.4 Å². The predicted molar refractivity (Wildman–Crippen MR) is 84.0 cm³/mol. The highest BCUT2D eigenvalue weighted by molar-refractivity contribution is 4.72. The van der Waals surface area contributed by atoms with Crippen LogP contribution in [0.5, 0.6) is 0 Å². The van der Waals surface area contributed by atoms with Crippen LogP contribution in [0.3, 0.4) is 0 Å². The van der Waals surface area contributed by atoms with Gasteiger partial charge < -0.3 is 14.9 Å². The molecule has 0 bridgehead atoms. The predicted octanol–water partition coefficient (Wildman–Crippen LogP) is 2.43. The first-order valence-electron chi connectivity index (χ1n) is 8.88. The molecule has 2 aliphatic rings. The molecule has 0 amide bonds. The Hall–Kier alpha value is -0.160. The van der Waals surface area contributed by atoms with Crippen LogP contribution in [-0.2, 0) is 4.74 Å². The second kappa shape index (κ2) is 9.78. The number of rotatable bonds is 8. The molecule has 0 unspecified atom stereocenters. The van der Waals surface area contributed by atoms with Crippen molar-refractivity contribution >= 4 is 0 Å². The van der Waals surface area contributed by atoms with Crippen molar-refractivity contribution in [2.75, 3.05) is 19.9 Å². The standard InChI is InChI=1S/C17H33NO3/c19-16-5-1-14(2-6-16)9-11-18-13-21-12-10-15-3-7-17(20)8-4-15/h14-20H,1-13H2.